The molecule has 0 fully saturated rings. The van der Waals surface area contributed by atoms with Crippen LogP contribution in [0.15, 0.2) is 47.2 Å². The van der Waals surface area contributed by atoms with Crippen molar-refractivity contribution in [2.24, 2.45) is 0 Å². The molecule has 0 radical (unpaired) electrons. The number of halogens is 1. The molecule has 0 aliphatic rings. The van der Waals surface area contributed by atoms with Crippen molar-refractivity contribution in [3.63, 3.8) is 0 Å². The monoisotopic (exact) mass is 384 g/mol. The highest BCUT2D eigenvalue weighted by atomic mass is 35.5. The van der Waals surface area contributed by atoms with E-state index in [-0.39, 0.29) is 31.4 Å². The number of carboxylic acids is 1. The number of nitrogens with zero attached hydrogens (tertiary/aromatic N) is 1. The Labute approximate surface area is 156 Å². The Bertz CT molecular complexity index is 652. The number of aliphatic hydroxyl groups excluding tert-OH is 1. The Hall–Kier alpha value is -1.93. The van der Waals surface area contributed by atoms with Gasteiger partial charge >= 0.3 is 5.97 Å². The molecule has 136 valence electrons. The molecular formula is C17H21ClN2O4S. The molecule has 6 nitrogen and oxygen atoms in total. The third-order valence-corrected chi connectivity index (χ3v) is 4.11. The van der Waals surface area contributed by atoms with E-state index < -0.39 is 18.6 Å². The molecule has 0 aliphatic carbocycles. The van der Waals surface area contributed by atoms with Gasteiger partial charge in [-0.05, 0) is 28.0 Å². The molecule has 0 saturated carbocycles. The molecule has 1 amide bonds. The van der Waals surface area contributed by atoms with E-state index in [9.17, 15) is 14.7 Å². The van der Waals surface area contributed by atoms with E-state index in [0.717, 1.165) is 11.1 Å². The maximum atomic E-state index is 11.9. The lowest BCUT2D eigenvalue weighted by molar-refractivity contribution is -0.138. The lowest BCUT2D eigenvalue weighted by Crippen LogP contribution is -2.40. The number of amides is 1. The summed E-state index contributed by atoms with van der Waals surface area (Å²) in [4.78, 5) is 24.3. The van der Waals surface area contributed by atoms with Crippen LogP contribution in [-0.4, -0.2) is 46.6 Å². The SMILES string of the molecule is Cl.O=C(O)CNC(=O)CN(Cc1ccccc1)CC(O)c1ccsc1. The molecule has 25 heavy (non-hydrogen) atoms. The van der Waals surface area contributed by atoms with Crippen LogP contribution in [0.5, 0.6) is 0 Å². The second-order valence-electron chi connectivity index (χ2n) is 5.40. The Morgan fingerprint density at radius 1 is 1.20 bits per heavy atom. The van der Waals surface area contributed by atoms with E-state index in [0.29, 0.717) is 6.54 Å². The molecule has 0 bridgehead atoms. The zero-order valence-corrected chi connectivity index (χ0v) is 15.1. The Kier molecular flexibility index (Phi) is 9.15. The predicted molar refractivity (Wildman–Crippen MR) is 98.9 cm³/mol. The summed E-state index contributed by atoms with van der Waals surface area (Å²) in [6.07, 6.45) is -0.702. The molecule has 1 unspecified atom stereocenters. The quantitative estimate of drug-likeness (QED) is 0.614. The number of hydrogen-bond donors (Lipinski definition) is 3. The topological polar surface area (TPSA) is 89.9 Å². The van der Waals surface area contributed by atoms with Gasteiger partial charge in [-0.3, -0.25) is 14.5 Å². The van der Waals surface area contributed by atoms with Crippen LogP contribution in [0.1, 0.15) is 17.2 Å². The number of aliphatic carboxylic acids is 1. The first-order valence-electron chi connectivity index (χ1n) is 7.49. The second-order valence-corrected chi connectivity index (χ2v) is 6.18. The molecule has 1 aromatic heterocycles. The summed E-state index contributed by atoms with van der Waals surface area (Å²) in [6, 6.07) is 11.5. The number of nitrogens with one attached hydrogen (secondary N) is 1. The van der Waals surface area contributed by atoms with Crippen LogP contribution >= 0.6 is 23.7 Å². The summed E-state index contributed by atoms with van der Waals surface area (Å²) in [7, 11) is 0. The average Bonchev–Trinajstić information content (AvgIpc) is 3.08. The van der Waals surface area contributed by atoms with Gasteiger partial charge in [-0.25, -0.2) is 0 Å². The number of carbonyl (C=O) groups excluding carboxylic acids is 1. The number of thiophene rings is 1. The van der Waals surface area contributed by atoms with Gasteiger partial charge in [-0.2, -0.15) is 11.3 Å². The summed E-state index contributed by atoms with van der Waals surface area (Å²) in [6.45, 7) is 0.378. The van der Waals surface area contributed by atoms with Crippen LogP contribution < -0.4 is 5.32 Å². The molecule has 0 spiro atoms. The maximum absolute atomic E-state index is 11.9. The molecule has 1 atom stereocenters. The highest BCUT2D eigenvalue weighted by Gasteiger charge is 2.17. The fourth-order valence-electron chi connectivity index (χ4n) is 2.27. The fraction of sp³-hybridized carbons (Fsp3) is 0.294. The van der Waals surface area contributed by atoms with Gasteiger partial charge in [0.1, 0.15) is 6.54 Å². The van der Waals surface area contributed by atoms with Gasteiger partial charge in [0.05, 0.1) is 12.6 Å². The van der Waals surface area contributed by atoms with Gasteiger partial charge in [0, 0.05) is 13.1 Å². The first-order valence-corrected chi connectivity index (χ1v) is 8.44. The van der Waals surface area contributed by atoms with E-state index >= 15 is 0 Å². The molecule has 2 aromatic rings. The lowest BCUT2D eigenvalue weighted by atomic mass is 10.1. The summed E-state index contributed by atoms with van der Waals surface area (Å²) in [5.74, 6) is -1.47. The van der Waals surface area contributed by atoms with Gasteiger partial charge < -0.3 is 15.5 Å². The predicted octanol–water partition coefficient (Wildman–Crippen LogP) is 1.91. The third-order valence-electron chi connectivity index (χ3n) is 3.41. The van der Waals surface area contributed by atoms with Crippen molar-refractivity contribution in [2.45, 2.75) is 12.6 Å². The van der Waals surface area contributed by atoms with Gasteiger partial charge in [-0.1, -0.05) is 30.3 Å². The average molecular weight is 385 g/mol. The number of rotatable bonds is 9. The van der Waals surface area contributed by atoms with Crippen molar-refractivity contribution in [3.8, 4) is 0 Å². The minimum Gasteiger partial charge on any atom is -0.480 e. The minimum atomic E-state index is -1.09. The first kappa shape index (κ1) is 21.1. The molecular weight excluding hydrogens is 364 g/mol. The van der Waals surface area contributed by atoms with E-state index in [1.165, 1.54) is 11.3 Å². The summed E-state index contributed by atoms with van der Waals surface area (Å²) in [5, 5.41) is 25.1. The zero-order valence-electron chi connectivity index (χ0n) is 13.5. The van der Waals surface area contributed by atoms with Crippen molar-refractivity contribution < 1.29 is 19.8 Å². The van der Waals surface area contributed by atoms with Crippen molar-refractivity contribution in [2.75, 3.05) is 19.6 Å². The lowest BCUT2D eigenvalue weighted by Gasteiger charge is -2.24. The van der Waals surface area contributed by atoms with Gasteiger partial charge in [-0.15, -0.1) is 12.4 Å². The Morgan fingerprint density at radius 3 is 2.52 bits per heavy atom. The summed E-state index contributed by atoms with van der Waals surface area (Å²) >= 11 is 1.50. The van der Waals surface area contributed by atoms with Crippen LogP contribution in [0.4, 0.5) is 0 Å². The van der Waals surface area contributed by atoms with Crippen molar-refractivity contribution >= 4 is 35.6 Å². The van der Waals surface area contributed by atoms with E-state index in [2.05, 4.69) is 5.32 Å². The van der Waals surface area contributed by atoms with E-state index in [4.69, 9.17) is 5.11 Å². The summed E-state index contributed by atoms with van der Waals surface area (Å²) < 4.78 is 0. The highest BCUT2D eigenvalue weighted by Crippen LogP contribution is 2.18. The van der Waals surface area contributed by atoms with Gasteiger partial charge in [0.15, 0.2) is 0 Å². The van der Waals surface area contributed by atoms with Gasteiger partial charge in [0.25, 0.3) is 0 Å². The second kappa shape index (κ2) is 10.8. The van der Waals surface area contributed by atoms with Crippen LogP contribution in [-0.2, 0) is 16.1 Å². The van der Waals surface area contributed by atoms with Gasteiger partial charge in [0.2, 0.25) is 5.91 Å². The van der Waals surface area contributed by atoms with Crippen molar-refractivity contribution in [1.29, 1.82) is 0 Å². The normalized spacial score (nSPS) is 11.6. The van der Waals surface area contributed by atoms with E-state index in [1.807, 2.05) is 47.2 Å². The number of benzene rings is 1. The molecule has 1 heterocycles. The Morgan fingerprint density at radius 2 is 1.92 bits per heavy atom. The van der Waals surface area contributed by atoms with Crippen LogP contribution in [0.3, 0.4) is 0 Å². The number of carbonyl (C=O) groups is 2. The van der Waals surface area contributed by atoms with Crippen LogP contribution in [0.25, 0.3) is 0 Å². The molecule has 0 saturated heterocycles. The molecule has 8 heteroatoms. The Balaban J connectivity index is 0.00000312. The largest absolute Gasteiger partial charge is 0.480 e. The highest BCUT2D eigenvalue weighted by molar-refractivity contribution is 7.07. The maximum Gasteiger partial charge on any atom is 0.322 e. The number of carboxylic acid groups (broad SMARTS) is 1. The molecule has 3 N–H and O–H groups in total. The molecule has 2 rings (SSSR count). The van der Waals surface area contributed by atoms with Crippen LogP contribution in [0, 0.1) is 0 Å². The van der Waals surface area contributed by atoms with Crippen LogP contribution in [0.2, 0.25) is 0 Å². The third kappa shape index (κ3) is 7.66. The van der Waals surface area contributed by atoms with Crippen molar-refractivity contribution in [1.82, 2.24) is 10.2 Å². The smallest absolute Gasteiger partial charge is 0.322 e. The standard InChI is InChI=1S/C17H20N2O4S.ClH/c20-15(14-6-7-24-12-14)10-19(9-13-4-2-1-3-5-13)11-16(21)18-8-17(22)23;/h1-7,12,15,20H,8-11H2,(H,18,21)(H,22,23);1H. The van der Waals surface area contributed by atoms with E-state index in [1.54, 1.807) is 4.90 Å². The molecule has 0 aliphatic heterocycles. The fourth-order valence-corrected chi connectivity index (χ4v) is 2.98. The first-order chi connectivity index (χ1) is 11.5. The molecule has 1 aromatic carbocycles. The minimum absolute atomic E-state index is 0. The zero-order chi connectivity index (χ0) is 17.4. The number of hydrogen-bond acceptors (Lipinski definition) is 5. The van der Waals surface area contributed by atoms with Crippen molar-refractivity contribution in [3.05, 3.63) is 58.3 Å². The number of aliphatic hydroxyl groups is 1. The summed E-state index contributed by atoms with van der Waals surface area (Å²) in [5.41, 5.74) is 1.82.